The molecule has 1 saturated heterocycles. The van der Waals surface area contributed by atoms with Crippen LogP contribution in [0.3, 0.4) is 0 Å². The maximum absolute atomic E-state index is 13.3. The van der Waals surface area contributed by atoms with Gasteiger partial charge in [0.2, 0.25) is 0 Å². The molecular weight excluding hydrogens is 227 g/mol. The van der Waals surface area contributed by atoms with Crippen LogP contribution in [0.2, 0.25) is 0 Å². The number of alkyl halides is 1. The predicted octanol–water partition coefficient (Wildman–Crippen LogP) is -1.86. The number of nitrogens with one attached hydrogen (secondary N) is 4. The summed E-state index contributed by atoms with van der Waals surface area (Å²) in [4.78, 5) is 22.4. The molecule has 0 aromatic rings. The normalized spacial score (nSPS) is 22.4. The summed E-state index contributed by atoms with van der Waals surface area (Å²) in [7, 11) is 0. The van der Waals surface area contributed by atoms with Crippen molar-refractivity contribution in [2.75, 3.05) is 39.3 Å². The highest BCUT2D eigenvalue weighted by molar-refractivity contribution is 6.03. The number of halogens is 1. The SMILES string of the molecule is O=C1NCCNCCCNCCNC(=O)C1F. The molecule has 0 aromatic heterocycles. The molecule has 0 spiro atoms. The number of hydrogen-bond donors (Lipinski definition) is 4. The van der Waals surface area contributed by atoms with Crippen molar-refractivity contribution in [3.05, 3.63) is 0 Å². The zero-order chi connectivity index (χ0) is 12.5. The van der Waals surface area contributed by atoms with Gasteiger partial charge in [0, 0.05) is 26.2 Å². The van der Waals surface area contributed by atoms with Gasteiger partial charge in [-0.15, -0.1) is 0 Å². The second-order valence-corrected chi connectivity index (χ2v) is 3.80. The maximum atomic E-state index is 13.3. The minimum absolute atomic E-state index is 0.319. The highest BCUT2D eigenvalue weighted by atomic mass is 19.1. The number of carbonyl (C=O) groups is 2. The molecule has 1 rings (SSSR count). The fourth-order valence-corrected chi connectivity index (χ4v) is 1.43. The first-order chi connectivity index (χ1) is 8.22. The Labute approximate surface area is 99.7 Å². The van der Waals surface area contributed by atoms with Crippen LogP contribution in [-0.4, -0.2) is 57.3 Å². The third kappa shape index (κ3) is 5.60. The summed E-state index contributed by atoms with van der Waals surface area (Å²) in [5, 5.41) is 10.9. The summed E-state index contributed by atoms with van der Waals surface area (Å²) < 4.78 is 13.3. The van der Waals surface area contributed by atoms with E-state index in [2.05, 4.69) is 21.3 Å². The van der Waals surface area contributed by atoms with Gasteiger partial charge < -0.3 is 21.3 Å². The molecule has 4 N–H and O–H groups in total. The van der Waals surface area contributed by atoms with Gasteiger partial charge in [0.25, 0.3) is 18.0 Å². The Hall–Kier alpha value is -1.21. The molecule has 0 bridgehead atoms. The van der Waals surface area contributed by atoms with Gasteiger partial charge in [-0.1, -0.05) is 0 Å². The molecule has 0 atom stereocenters. The van der Waals surface area contributed by atoms with E-state index in [1.165, 1.54) is 0 Å². The highest BCUT2D eigenvalue weighted by Crippen LogP contribution is 1.90. The van der Waals surface area contributed by atoms with Gasteiger partial charge in [-0.2, -0.15) is 0 Å². The molecule has 6 nitrogen and oxygen atoms in total. The van der Waals surface area contributed by atoms with Gasteiger partial charge in [0.1, 0.15) is 0 Å². The maximum Gasteiger partial charge on any atom is 0.264 e. The Kier molecular flexibility index (Phi) is 6.49. The average Bonchev–Trinajstić information content (AvgIpc) is 2.33. The van der Waals surface area contributed by atoms with Crippen LogP contribution in [0, 0.1) is 0 Å². The minimum atomic E-state index is -2.13. The van der Waals surface area contributed by atoms with Gasteiger partial charge in [0.05, 0.1) is 0 Å². The van der Waals surface area contributed by atoms with Crippen LogP contribution in [0.5, 0.6) is 0 Å². The Morgan fingerprint density at radius 3 is 1.76 bits per heavy atom. The summed E-state index contributed by atoms with van der Waals surface area (Å²) >= 11 is 0. The van der Waals surface area contributed by atoms with E-state index >= 15 is 0 Å². The fraction of sp³-hybridized carbons (Fsp3) is 0.800. The molecule has 0 radical (unpaired) electrons. The summed E-state index contributed by atoms with van der Waals surface area (Å²) in [6, 6.07) is 0. The Balaban J connectivity index is 2.39. The van der Waals surface area contributed by atoms with Gasteiger partial charge in [-0.05, 0) is 19.5 Å². The van der Waals surface area contributed by atoms with Crippen LogP contribution < -0.4 is 21.3 Å². The molecule has 1 aliphatic heterocycles. The minimum Gasteiger partial charge on any atom is -0.352 e. The lowest BCUT2D eigenvalue weighted by molar-refractivity contribution is -0.136. The summed E-state index contributed by atoms with van der Waals surface area (Å²) in [6.45, 7) is 3.46. The topological polar surface area (TPSA) is 82.3 Å². The average molecular weight is 246 g/mol. The molecule has 1 heterocycles. The summed E-state index contributed by atoms with van der Waals surface area (Å²) in [5.41, 5.74) is 0. The zero-order valence-electron chi connectivity index (χ0n) is 9.72. The standard InChI is InChI=1S/C10H19FN4O2/c11-8-9(16)14-6-4-12-2-1-3-13-5-7-15-10(8)17/h8,12-13H,1-7H2,(H,14,16)(H,15,17). The van der Waals surface area contributed by atoms with Crippen LogP contribution in [-0.2, 0) is 9.59 Å². The number of rotatable bonds is 0. The van der Waals surface area contributed by atoms with Crippen molar-refractivity contribution < 1.29 is 14.0 Å². The van der Waals surface area contributed by atoms with Crippen LogP contribution >= 0.6 is 0 Å². The van der Waals surface area contributed by atoms with Crippen molar-refractivity contribution in [2.24, 2.45) is 0 Å². The molecule has 0 aliphatic carbocycles. The van der Waals surface area contributed by atoms with Crippen molar-refractivity contribution in [1.82, 2.24) is 21.3 Å². The third-order valence-electron chi connectivity index (χ3n) is 2.37. The molecule has 98 valence electrons. The quantitative estimate of drug-likeness (QED) is 0.378. The lowest BCUT2D eigenvalue weighted by atomic mass is 10.3. The van der Waals surface area contributed by atoms with E-state index in [-0.39, 0.29) is 0 Å². The largest absolute Gasteiger partial charge is 0.352 e. The van der Waals surface area contributed by atoms with E-state index in [4.69, 9.17) is 0 Å². The molecular formula is C10H19FN4O2. The van der Waals surface area contributed by atoms with Crippen molar-refractivity contribution in [1.29, 1.82) is 0 Å². The molecule has 7 heteroatoms. The van der Waals surface area contributed by atoms with Crippen molar-refractivity contribution in [3.8, 4) is 0 Å². The first-order valence-electron chi connectivity index (χ1n) is 5.83. The van der Waals surface area contributed by atoms with Gasteiger partial charge in [-0.25, -0.2) is 4.39 Å². The van der Waals surface area contributed by atoms with Crippen LogP contribution in [0.25, 0.3) is 0 Å². The van der Waals surface area contributed by atoms with Gasteiger partial charge in [-0.3, -0.25) is 9.59 Å². The fourth-order valence-electron chi connectivity index (χ4n) is 1.43. The lowest BCUT2D eigenvalue weighted by Gasteiger charge is -2.12. The second-order valence-electron chi connectivity index (χ2n) is 3.80. The molecule has 0 aromatic carbocycles. The smallest absolute Gasteiger partial charge is 0.264 e. The van der Waals surface area contributed by atoms with Gasteiger partial charge in [0.15, 0.2) is 0 Å². The van der Waals surface area contributed by atoms with E-state index in [0.717, 1.165) is 19.5 Å². The van der Waals surface area contributed by atoms with E-state index in [1.807, 2.05) is 0 Å². The molecule has 2 amide bonds. The lowest BCUT2D eigenvalue weighted by Crippen LogP contribution is -2.46. The first kappa shape index (κ1) is 13.9. The molecule has 1 fully saturated rings. The molecule has 0 saturated carbocycles. The van der Waals surface area contributed by atoms with Crippen LogP contribution in [0.15, 0.2) is 0 Å². The highest BCUT2D eigenvalue weighted by Gasteiger charge is 2.25. The zero-order valence-corrected chi connectivity index (χ0v) is 9.72. The van der Waals surface area contributed by atoms with Crippen LogP contribution in [0.4, 0.5) is 4.39 Å². The molecule has 0 unspecified atom stereocenters. The number of hydrogen-bond acceptors (Lipinski definition) is 4. The van der Waals surface area contributed by atoms with Crippen molar-refractivity contribution in [3.63, 3.8) is 0 Å². The van der Waals surface area contributed by atoms with E-state index < -0.39 is 18.0 Å². The van der Waals surface area contributed by atoms with Crippen molar-refractivity contribution in [2.45, 2.75) is 12.6 Å². The third-order valence-corrected chi connectivity index (χ3v) is 2.37. The summed E-state index contributed by atoms with van der Waals surface area (Å²) in [5.74, 6) is -1.76. The molecule has 17 heavy (non-hydrogen) atoms. The Bertz CT molecular complexity index is 239. The van der Waals surface area contributed by atoms with Crippen molar-refractivity contribution >= 4 is 11.8 Å². The van der Waals surface area contributed by atoms with Gasteiger partial charge >= 0.3 is 0 Å². The Morgan fingerprint density at radius 1 is 0.824 bits per heavy atom. The van der Waals surface area contributed by atoms with E-state index in [1.54, 1.807) is 0 Å². The van der Waals surface area contributed by atoms with E-state index in [9.17, 15) is 14.0 Å². The second kappa shape index (κ2) is 7.97. The van der Waals surface area contributed by atoms with Crippen LogP contribution in [0.1, 0.15) is 6.42 Å². The predicted molar refractivity (Wildman–Crippen MR) is 61.3 cm³/mol. The number of carbonyl (C=O) groups excluding carboxylic acids is 2. The molecule has 1 aliphatic rings. The Morgan fingerprint density at radius 2 is 1.29 bits per heavy atom. The monoisotopic (exact) mass is 246 g/mol. The first-order valence-corrected chi connectivity index (χ1v) is 5.83. The van der Waals surface area contributed by atoms with E-state index in [0.29, 0.717) is 26.2 Å². The summed E-state index contributed by atoms with van der Waals surface area (Å²) in [6.07, 6.45) is -1.16. The number of amides is 2.